The zero-order valence-corrected chi connectivity index (χ0v) is 13.1. The Morgan fingerprint density at radius 1 is 1.10 bits per heavy atom. The minimum Gasteiger partial charge on any atom is -0.392 e. The van der Waals surface area contributed by atoms with Crippen molar-refractivity contribution >= 4 is 23.1 Å². The number of likely N-dealkylation sites (tertiary alicyclic amines) is 1. The molecule has 0 bridgehead atoms. The Balaban J connectivity index is 1.81. The van der Waals surface area contributed by atoms with Gasteiger partial charge in [0.25, 0.3) is 0 Å². The smallest absolute Gasteiger partial charge is 0.233 e. The topological polar surface area (TPSA) is 58.4 Å². The third-order valence-electron chi connectivity index (χ3n) is 4.78. The van der Waals surface area contributed by atoms with E-state index in [1.165, 1.54) is 25.7 Å². The molecule has 2 fully saturated rings. The van der Waals surface area contributed by atoms with Crippen LogP contribution in [0.5, 0.6) is 0 Å². The van der Waals surface area contributed by atoms with Crippen molar-refractivity contribution in [2.45, 2.75) is 51.4 Å². The molecule has 0 spiro atoms. The molecule has 4 nitrogen and oxygen atoms in total. The molecule has 0 unspecified atom stereocenters. The van der Waals surface area contributed by atoms with Crippen molar-refractivity contribution < 1.29 is 4.79 Å². The van der Waals surface area contributed by atoms with Crippen LogP contribution in [0.25, 0.3) is 0 Å². The summed E-state index contributed by atoms with van der Waals surface area (Å²) in [6.07, 6.45) is 8.83. The van der Waals surface area contributed by atoms with Crippen molar-refractivity contribution in [2.24, 2.45) is 11.1 Å². The molecule has 3 N–H and O–H groups in total. The molecule has 114 valence electrons. The molecule has 0 aromatic heterocycles. The van der Waals surface area contributed by atoms with Crippen LogP contribution in [0.3, 0.4) is 0 Å². The Labute approximate surface area is 127 Å². The highest BCUT2D eigenvalue weighted by Gasteiger charge is 2.42. The monoisotopic (exact) mass is 297 g/mol. The molecule has 1 amide bonds. The fourth-order valence-corrected chi connectivity index (χ4v) is 3.72. The van der Waals surface area contributed by atoms with Gasteiger partial charge in [-0.05, 0) is 38.8 Å². The first-order valence-corrected chi connectivity index (χ1v) is 8.36. The lowest BCUT2D eigenvalue weighted by molar-refractivity contribution is -0.128. The first-order chi connectivity index (χ1) is 9.65. The predicted molar refractivity (Wildman–Crippen MR) is 85.6 cm³/mol. The fraction of sp³-hybridized carbons (Fsp3) is 0.867. The van der Waals surface area contributed by atoms with E-state index < -0.39 is 5.41 Å². The number of nitrogens with zero attached hydrogens (tertiary/aromatic N) is 1. The van der Waals surface area contributed by atoms with Crippen LogP contribution in [0, 0.1) is 5.41 Å². The van der Waals surface area contributed by atoms with E-state index in [1.807, 2.05) is 0 Å². The number of amides is 1. The van der Waals surface area contributed by atoms with Gasteiger partial charge in [-0.25, -0.2) is 0 Å². The zero-order valence-electron chi connectivity index (χ0n) is 12.3. The third-order valence-corrected chi connectivity index (χ3v) is 5.17. The van der Waals surface area contributed by atoms with Crippen LogP contribution in [0.1, 0.15) is 51.4 Å². The summed E-state index contributed by atoms with van der Waals surface area (Å²) in [5, 5.41) is 3.07. The predicted octanol–water partition coefficient (Wildman–Crippen LogP) is 1.83. The summed E-state index contributed by atoms with van der Waals surface area (Å²) < 4.78 is 0. The molecule has 0 aromatic rings. The average molecular weight is 297 g/mol. The van der Waals surface area contributed by atoms with Crippen molar-refractivity contribution in [3.8, 4) is 0 Å². The molecule has 1 aliphatic heterocycles. The number of thiocarbonyl (C=S) groups is 1. The summed E-state index contributed by atoms with van der Waals surface area (Å²) in [5.74, 6) is 0.0571. The van der Waals surface area contributed by atoms with Gasteiger partial charge in [0.15, 0.2) is 0 Å². The second-order valence-corrected chi connectivity index (χ2v) is 6.61. The van der Waals surface area contributed by atoms with Gasteiger partial charge in [0.05, 0.1) is 10.4 Å². The van der Waals surface area contributed by atoms with Crippen LogP contribution in [0.15, 0.2) is 0 Å². The summed E-state index contributed by atoms with van der Waals surface area (Å²) >= 11 is 5.19. The van der Waals surface area contributed by atoms with Gasteiger partial charge in [-0.3, -0.25) is 4.79 Å². The first kappa shape index (κ1) is 15.7. The van der Waals surface area contributed by atoms with E-state index in [9.17, 15) is 4.79 Å². The molecule has 1 heterocycles. The molecule has 1 saturated heterocycles. The lowest BCUT2D eigenvalue weighted by atomic mass is 9.73. The highest BCUT2D eigenvalue weighted by atomic mass is 32.1. The number of piperidine rings is 1. The third kappa shape index (κ3) is 3.70. The number of rotatable bonds is 5. The van der Waals surface area contributed by atoms with E-state index in [0.29, 0.717) is 11.5 Å². The second kappa shape index (κ2) is 7.36. The van der Waals surface area contributed by atoms with Crippen molar-refractivity contribution in [1.82, 2.24) is 10.2 Å². The lowest BCUT2D eigenvalue weighted by Crippen LogP contribution is -2.51. The average Bonchev–Trinajstić information content (AvgIpc) is 2.48. The van der Waals surface area contributed by atoms with Crippen LogP contribution in [0.4, 0.5) is 0 Å². The van der Waals surface area contributed by atoms with Gasteiger partial charge >= 0.3 is 0 Å². The lowest BCUT2D eigenvalue weighted by Gasteiger charge is -2.35. The Morgan fingerprint density at radius 3 is 2.30 bits per heavy atom. The van der Waals surface area contributed by atoms with E-state index in [0.717, 1.165) is 45.3 Å². The maximum Gasteiger partial charge on any atom is 0.233 e. The molecular formula is C15H27N3OS. The van der Waals surface area contributed by atoms with E-state index in [-0.39, 0.29) is 5.91 Å². The second-order valence-electron chi connectivity index (χ2n) is 6.17. The summed E-state index contributed by atoms with van der Waals surface area (Å²) in [6.45, 7) is 3.98. The molecule has 5 heteroatoms. The fourth-order valence-electron chi connectivity index (χ4n) is 3.42. The van der Waals surface area contributed by atoms with Gasteiger partial charge in [0.1, 0.15) is 0 Å². The summed E-state index contributed by atoms with van der Waals surface area (Å²) in [7, 11) is 0. The van der Waals surface area contributed by atoms with E-state index in [2.05, 4.69) is 10.2 Å². The Morgan fingerprint density at radius 2 is 1.70 bits per heavy atom. The highest BCUT2D eigenvalue weighted by molar-refractivity contribution is 7.80. The van der Waals surface area contributed by atoms with Gasteiger partial charge < -0.3 is 16.0 Å². The van der Waals surface area contributed by atoms with Crippen LogP contribution in [-0.2, 0) is 4.79 Å². The SMILES string of the molecule is NC(=S)C1(C(=O)NCCN2CCCCC2)CCCCC1. The normalized spacial score (nSPS) is 23.2. The molecule has 2 aliphatic rings. The van der Waals surface area contributed by atoms with E-state index in [4.69, 9.17) is 18.0 Å². The summed E-state index contributed by atoms with van der Waals surface area (Å²) in [4.78, 5) is 15.3. The molecule has 2 rings (SSSR count). The molecule has 0 aromatic carbocycles. The number of nitrogens with one attached hydrogen (secondary N) is 1. The van der Waals surface area contributed by atoms with Crippen LogP contribution >= 0.6 is 12.2 Å². The van der Waals surface area contributed by atoms with Crippen LogP contribution in [0.2, 0.25) is 0 Å². The molecule has 1 saturated carbocycles. The Kier molecular flexibility index (Phi) is 5.78. The van der Waals surface area contributed by atoms with Gasteiger partial charge in [-0.15, -0.1) is 0 Å². The maximum atomic E-state index is 12.5. The quantitative estimate of drug-likeness (QED) is 0.760. The molecular weight excluding hydrogens is 270 g/mol. The van der Waals surface area contributed by atoms with Gasteiger partial charge in [0.2, 0.25) is 5.91 Å². The summed E-state index contributed by atoms with van der Waals surface area (Å²) in [5.41, 5.74) is 5.30. The minimum absolute atomic E-state index is 0.0571. The number of hydrogen-bond donors (Lipinski definition) is 2. The van der Waals surface area contributed by atoms with Gasteiger partial charge in [-0.2, -0.15) is 0 Å². The van der Waals surface area contributed by atoms with Crippen molar-refractivity contribution in [2.75, 3.05) is 26.2 Å². The molecule has 0 radical (unpaired) electrons. The van der Waals surface area contributed by atoms with E-state index >= 15 is 0 Å². The molecule has 20 heavy (non-hydrogen) atoms. The number of nitrogens with two attached hydrogens (primary N) is 1. The van der Waals surface area contributed by atoms with Crippen molar-refractivity contribution in [3.63, 3.8) is 0 Å². The molecule has 0 atom stereocenters. The largest absolute Gasteiger partial charge is 0.392 e. The van der Waals surface area contributed by atoms with Gasteiger partial charge in [-0.1, -0.05) is 37.9 Å². The minimum atomic E-state index is -0.574. The first-order valence-electron chi connectivity index (χ1n) is 7.96. The number of carbonyl (C=O) groups excluding carboxylic acids is 1. The highest BCUT2D eigenvalue weighted by Crippen LogP contribution is 2.36. The van der Waals surface area contributed by atoms with Crippen molar-refractivity contribution in [3.05, 3.63) is 0 Å². The maximum absolute atomic E-state index is 12.5. The van der Waals surface area contributed by atoms with Crippen LogP contribution < -0.4 is 11.1 Å². The number of hydrogen-bond acceptors (Lipinski definition) is 3. The zero-order chi connectivity index (χ0) is 14.4. The standard InChI is InChI=1S/C15H27N3OS/c16-13(20)15(7-3-1-4-8-15)14(19)17-9-12-18-10-5-2-6-11-18/h1-12H2,(H2,16,20)(H,17,19). The summed E-state index contributed by atoms with van der Waals surface area (Å²) in [6, 6.07) is 0. The Hall–Kier alpha value is -0.680. The Bertz CT molecular complexity index is 347. The van der Waals surface area contributed by atoms with Crippen LogP contribution in [-0.4, -0.2) is 42.0 Å². The van der Waals surface area contributed by atoms with E-state index in [1.54, 1.807) is 0 Å². The number of carbonyl (C=O) groups is 1. The van der Waals surface area contributed by atoms with Gasteiger partial charge in [0, 0.05) is 13.1 Å². The molecule has 1 aliphatic carbocycles. The van der Waals surface area contributed by atoms with Crippen molar-refractivity contribution in [1.29, 1.82) is 0 Å².